The van der Waals surface area contributed by atoms with Crippen molar-refractivity contribution in [3.8, 4) is 0 Å². The first-order valence-corrected chi connectivity index (χ1v) is 10.8. The van der Waals surface area contributed by atoms with Crippen LogP contribution in [0.1, 0.15) is 46.7 Å². The second-order valence-electron chi connectivity index (χ2n) is 8.74. The van der Waals surface area contributed by atoms with Gasteiger partial charge in [0.15, 0.2) is 5.82 Å². The lowest BCUT2D eigenvalue weighted by molar-refractivity contribution is 0.0694. The Kier molecular flexibility index (Phi) is 4.78. The fraction of sp³-hybridized carbons (Fsp3) is 0.545. The van der Waals surface area contributed by atoms with Crippen molar-refractivity contribution in [2.45, 2.75) is 38.1 Å². The molecule has 0 radical (unpaired) electrons. The van der Waals surface area contributed by atoms with Crippen molar-refractivity contribution in [1.82, 2.24) is 14.6 Å². The van der Waals surface area contributed by atoms with E-state index < -0.39 is 17.3 Å². The molecule has 0 aromatic carbocycles. The predicted octanol–water partition coefficient (Wildman–Crippen LogP) is 1.81. The molecule has 30 heavy (non-hydrogen) atoms. The summed E-state index contributed by atoms with van der Waals surface area (Å²) in [5.74, 6) is -1.49. The van der Waals surface area contributed by atoms with Crippen molar-refractivity contribution in [1.29, 1.82) is 0 Å². The first-order valence-electron chi connectivity index (χ1n) is 10.8. The van der Waals surface area contributed by atoms with Crippen molar-refractivity contribution in [2.75, 3.05) is 44.2 Å². The van der Waals surface area contributed by atoms with Crippen LogP contribution >= 0.6 is 0 Å². The summed E-state index contributed by atoms with van der Waals surface area (Å²) in [7, 11) is 0. The van der Waals surface area contributed by atoms with Gasteiger partial charge in [-0.2, -0.15) is 0 Å². The van der Waals surface area contributed by atoms with Crippen LogP contribution < -0.4 is 15.8 Å². The fourth-order valence-corrected chi connectivity index (χ4v) is 5.18. The molecule has 2 aromatic heterocycles. The Labute approximate surface area is 174 Å². The summed E-state index contributed by atoms with van der Waals surface area (Å²) in [6.07, 6.45) is 4.11. The minimum absolute atomic E-state index is 0.239. The van der Waals surface area contributed by atoms with E-state index in [2.05, 4.69) is 15.1 Å². The van der Waals surface area contributed by atoms with E-state index in [0.29, 0.717) is 17.2 Å². The lowest BCUT2D eigenvalue weighted by Crippen LogP contribution is -2.49. The molecule has 2 aliphatic heterocycles. The number of hydrogen-bond acceptors (Lipinski definition) is 5. The first-order chi connectivity index (χ1) is 14.5. The highest BCUT2D eigenvalue weighted by molar-refractivity contribution is 5.89. The predicted molar refractivity (Wildman–Crippen MR) is 112 cm³/mol. The van der Waals surface area contributed by atoms with Crippen LogP contribution in [0, 0.1) is 12.7 Å². The molecule has 0 spiro atoms. The number of carboxylic acid groups (broad SMARTS) is 1. The zero-order chi connectivity index (χ0) is 21.0. The number of hydrogen-bond donors (Lipinski definition) is 2. The van der Waals surface area contributed by atoms with E-state index in [0.717, 1.165) is 69.7 Å². The summed E-state index contributed by atoms with van der Waals surface area (Å²) >= 11 is 0. The van der Waals surface area contributed by atoms with Gasteiger partial charge in [-0.25, -0.2) is 9.18 Å². The number of piperazine rings is 1. The zero-order valence-corrected chi connectivity index (χ0v) is 17.2. The maximum absolute atomic E-state index is 15.3. The molecule has 7 nitrogen and oxygen atoms in total. The van der Waals surface area contributed by atoms with Crippen LogP contribution in [-0.2, 0) is 0 Å². The molecular formula is C22H27FN4O3. The molecule has 2 N–H and O–H groups in total. The van der Waals surface area contributed by atoms with Crippen LogP contribution in [0.4, 0.5) is 10.1 Å². The number of halogens is 1. The topological polar surface area (TPSA) is 77.3 Å². The van der Waals surface area contributed by atoms with Gasteiger partial charge in [0.1, 0.15) is 5.56 Å². The Hall–Kier alpha value is -2.45. The Morgan fingerprint density at radius 3 is 2.60 bits per heavy atom. The largest absolute Gasteiger partial charge is 0.477 e. The van der Waals surface area contributed by atoms with Crippen LogP contribution in [0.2, 0.25) is 0 Å². The molecule has 1 aliphatic carbocycles. The van der Waals surface area contributed by atoms with Crippen molar-refractivity contribution in [3.05, 3.63) is 45.1 Å². The van der Waals surface area contributed by atoms with E-state index in [1.807, 2.05) is 6.92 Å². The zero-order valence-electron chi connectivity index (χ0n) is 17.2. The summed E-state index contributed by atoms with van der Waals surface area (Å²) in [5.41, 5.74) is 1.85. The molecule has 0 bridgehead atoms. The number of fused-ring (bicyclic) bond motifs is 1. The van der Waals surface area contributed by atoms with Gasteiger partial charge in [-0.1, -0.05) is 0 Å². The molecule has 0 unspecified atom stereocenters. The average molecular weight is 414 g/mol. The number of aromatic carboxylic acids is 1. The molecule has 1 saturated carbocycles. The fourth-order valence-electron chi connectivity index (χ4n) is 5.18. The number of rotatable bonds is 4. The smallest absolute Gasteiger partial charge is 0.341 e. The number of carboxylic acids is 1. The molecule has 5 rings (SSSR count). The molecule has 160 valence electrons. The van der Waals surface area contributed by atoms with Gasteiger partial charge in [0.2, 0.25) is 0 Å². The summed E-state index contributed by atoms with van der Waals surface area (Å²) < 4.78 is 16.5. The Morgan fingerprint density at radius 1 is 1.20 bits per heavy atom. The van der Waals surface area contributed by atoms with E-state index in [1.165, 1.54) is 16.7 Å². The Balaban J connectivity index is 1.58. The number of anilines is 1. The number of aromatic nitrogens is 1. The van der Waals surface area contributed by atoms with Crippen LogP contribution in [0.15, 0.2) is 17.1 Å². The standard InChI is InChI=1S/C22H27FN4O3/c1-13-19-16(14-2-3-14)10-17(22(29)30)21(28)27(19)12-18(23)20(13)26-7-4-15(11-26)25-8-5-24-6-9-25/h10,12,14-15,24H,2-9,11H2,1H3,(H,29,30)/t15-/m1/s1. The highest BCUT2D eigenvalue weighted by Crippen LogP contribution is 2.44. The summed E-state index contributed by atoms with van der Waals surface area (Å²) in [4.78, 5) is 28.9. The molecular weight excluding hydrogens is 387 g/mol. The van der Waals surface area contributed by atoms with Gasteiger partial charge in [-0.3, -0.25) is 14.1 Å². The monoisotopic (exact) mass is 414 g/mol. The summed E-state index contributed by atoms with van der Waals surface area (Å²) in [6, 6.07) is 1.92. The van der Waals surface area contributed by atoms with Gasteiger partial charge in [-0.05, 0) is 49.3 Å². The number of carbonyl (C=O) groups is 1. The lowest BCUT2D eigenvalue weighted by atomic mass is 10.0. The molecule has 2 saturated heterocycles. The average Bonchev–Trinajstić information content (AvgIpc) is 3.46. The SMILES string of the molecule is Cc1c(N2CC[C@@H](N3CCNCC3)C2)c(F)cn2c(=O)c(C(=O)O)cc(C3CC3)c12. The minimum Gasteiger partial charge on any atom is -0.477 e. The molecule has 1 atom stereocenters. The van der Waals surface area contributed by atoms with Gasteiger partial charge < -0.3 is 15.3 Å². The van der Waals surface area contributed by atoms with Crippen LogP contribution in [0.5, 0.6) is 0 Å². The maximum atomic E-state index is 15.3. The van der Waals surface area contributed by atoms with E-state index in [-0.39, 0.29) is 11.5 Å². The Bertz CT molecular complexity index is 1070. The summed E-state index contributed by atoms with van der Waals surface area (Å²) in [5, 5.41) is 12.8. The van der Waals surface area contributed by atoms with Crippen molar-refractivity contribution < 1.29 is 14.3 Å². The maximum Gasteiger partial charge on any atom is 0.341 e. The second kappa shape index (κ2) is 7.35. The van der Waals surface area contributed by atoms with E-state index in [9.17, 15) is 14.7 Å². The van der Waals surface area contributed by atoms with E-state index >= 15 is 4.39 Å². The minimum atomic E-state index is -1.27. The molecule has 8 heteroatoms. The quantitative estimate of drug-likeness (QED) is 0.795. The lowest BCUT2D eigenvalue weighted by Gasteiger charge is -2.33. The first kappa shape index (κ1) is 19.5. The van der Waals surface area contributed by atoms with Gasteiger partial charge in [0, 0.05) is 45.3 Å². The van der Waals surface area contributed by atoms with E-state index in [1.54, 1.807) is 0 Å². The number of pyridine rings is 2. The molecule has 2 aromatic rings. The van der Waals surface area contributed by atoms with Crippen LogP contribution in [-0.4, -0.2) is 65.7 Å². The highest BCUT2D eigenvalue weighted by atomic mass is 19.1. The number of nitrogens with one attached hydrogen (secondary N) is 1. The normalized spacial score (nSPS) is 22.7. The second-order valence-corrected chi connectivity index (χ2v) is 8.74. The number of nitrogens with zero attached hydrogens (tertiary/aromatic N) is 3. The molecule has 4 heterocycles. The summed E-state index contributed by atoms with van der Waals surface area (Å²) in [6.45, 7) is 7.40. The van der Waals surface area contributed by atoms with Gasteiger partial charge in [-0.15, -0.1) is 0 Å². The molecule has 0 amide bonds. The third-order valence-electron chi connectivity index (χ3n) is 6.84. The van der Waals surface area contributed by atoms with Crippen molar-refractivity contribution in [2.24, 2.45) is 0 Å². The van der Waals surface area contributed by atoms with Crippen molar-refractivity contribution in [3.63, 3.8) is 0 Å². The molecule has 3 fully saturated rings. The van der Waals surface area contributed by atoms with Gasteiger partial charge in [0.05, 0.1) is 17.4 Å². The van der Waals surface area contributed by atoms with E-state index in [4.69, 9.17) is 0 Å². The molecule has 3 aliphatic rings. The van der Waals surface area contributed by atoms with Crippen molar-refractivity contribution >= 4 is 17.2 Å². The number of aryl methyl sites for hydroxylation is 1. The third-order valence-corrected chi connectivity index (χ3v) is 6.84. The highest BCUT2D eigenvalue weighted by Gasteiger charge is 2.33. The van der Waals surface area contributed by atoms with Crippen LogP contribution in [0.25, 0.3) is 5.52 Å². The van der Waals surface area contributed by atoms with Gasteiger partial charge >= 0.3 is 5.97 Å². The van der Waals surface area contributed by atoms with Gasteiger partial charge in [0.25, 0.3) is 5.56 Å². The third kappa shape index (κ3) is 3.18. The Morgan fingerprint density at radius 2 is 1.93 bits per heavy atom. The van der Waals surface area contributed by atoms with Crippen LogP contribution in [0.3, 0.4) is 0 Å².